The Morgan fingerprint density at radius 2 is 1.03 bits per heavy atom. The van der Waals surface area contributed by atoms with Crippen LogP contribution in [0.5, 0.6) is 5.75 Å². The molecule has 0 atom stereocenters. The van der Waals surface area contributed by atoms with E-state index in [1.54, 1.807) is 0 Å². The Balaban J connectivity index is 0.00000624. The quantitative estimate of drug-likeness (QED) is 0.162. The monoisotopic (exact) mass is 1110 g/mol. The Kier molecular flexibility index (Phi) is 12.9. The molecule has 71 heavy (non-hydrogen) atoms. The number of rotatable bonds is 7. The Morgan fingerprint density at radius 3 is 1.65 bits per heavy atom. The Hall–Kier alpha value is -6.87. The van der Waals surface area contributed by atoms with Gasteiger partial charge in [0.15, 0.2) is 0 Å². The number of fused-ring (bicyclic) bond motifs is 2. The van der Waals surface area contributed by atoms with Crippen LogP contribution in [0.3, 0.4) is 0 Å². The molecule has 0 spiro atoms. The number of nitrogens with zero attached hydrogens (tertiary/aromatic N) is 3. The number of phenolic OH excluding ortho intramolecular Hbond substituents is 1. The van der Waals surface area contributed by atoms with E-state index in [4.69, 9.17) is 9.97 Å². The van der Waals surface area contributed by atoms with E-state index in [9.17, 15) is 5.11 Å². The number of imidazole rings is 1. The molecule has 0 saturated carbocycles. The van der Waals surface area contributed by atoms with E-state index < -0.39 is 0 Å². The molecule has 1 N–H and O–H groups in total. The molecule has 0 radical (unpaired) electrons. The van der Waals surface area contributed by atoms with Crippen molar-refractivity contribution in [3.8, 4) is 78.5 Å². The summed E-state index contributed by atoms with van der Waals surface area (Å²) in [4.78, 5) is 10.7. The van der Waals surface area contributed by atoms with Gasteiger partial charge in [-0.1, -0.05) is 177 Å². The molecule has 4 nitrogen and oxygen atoms in total. The third-order valence-electron chi connectivity index (χ3n) is 14.0. The molecule has 0 unspecified atom stereocenters. The topological polar surface area (TPSA) is 50.9 Å². The zero-order valence-electron chi connectivity index (χ0n) is 42.8. The van der Waals surface area contributed by atoms with Crippen LogP contribution in [0.1, 0.15) is 90.1 Å². The van der Waals surface area contributed by atoms with Gasteiger partial charge in [-0.15, -0.1) is 35.4 Å². The predicted molar refractivity (Wildman–Crippen MR) is 295 cm³/mol. The number of hydrogen-bond acceptors (Lipinski definition) is 3. The fourth-order valence-corrected chi connectivity index (χ4v) is 9.97. The van der Waals surface area contributed by atoms with Gasteiger partial charge in [-0.2, -0.15) is 0 Å². The molecular weight excluding hydrogens is 1050 g/mol. The van der Waals surface area contributed by atoms with Gasteiger partial charge in [0.05, 0.1) is 16.6 Å². The fraction of sp³-hybridized carbons (Fsp3) is 0.212. The number of benzene rings is 8. The van der Waals surface area contributed by atoms with Crippen LogP contribution >= 0.6 is 0 Å². The van der Waals surface area contributed by atoms with E-state index in [1.807, 2.05) is 18.3 Å². The molecule has 0 aliphatic heterocycles. The van der Waals surface area contributed by atoms with Crippen LogP contribution in [0.4, 0.5) is 0 Å². The van der Waals surface area contributed by atoms with Crippen LogP contribution in [0.2, 0.25) is 0 Å². The second kappa shape index (κ2) is 18.7. The largest absolute Gasteiger partial charge is 0.507 e. The zero-order chi connectivity index (χ0) is 49.3. The van der Waals surface area contributed by atoms with E-state index in [2.05, 4.69) is 238 Å². The van der Waals surface area contributed by atoms with Gasteiger partial charge < -0.3 is 5.11 Å². The van der Waals surface area contributed by atoms with Gasteiger partial charge in [0.2, 0.25) is 0 Å². The maximum atomic E-state index is 11.8. The summed E-state index contributed by atoms with van der Waals surface area (Å²) < 4.78 is 2.24. The minimum absolute atomic E-state index is 0. The van der Waals surface area contributed by atoms with Gasteiger partial charge in [-0.25, -0.2) is 4.98 Å². The first-order valence-corrected chi connectivity index (χ1v) is 24.5. The van der Waals surface area contributed by atoms with Crippen molar-refractivity contribution in [2.75, 3.05) is 0 Å². The average molecular weight is 1110 g/mol. The van der Waals surface area contributed by atoms with Crippen molar-refractivity contribution in [2.24, 2.45) is 0 Å². The molecule has 8 aromatic carbocycles. The third kappa shape index (κ3) is 9.43. The number of aromatic hydroxyl groups is 1. The predicted octanol–water partition coefficient (Wildman–Crippen LogP) is 17.6. The van der Waals surface area contributed by atoms with Crippen molar-refractivity contribution in [3.05, 3.63) is 204 Å². The summed E-state index contributed by atoms with van der Waals surface area (Å²) in [5.74, 6) is 0.853. The summed E-state index contributed by atoms with van der Waals surface area (Å²) in [5.41, 5.74) is 20.8. The first-order valence-electron chi connectivity index (χ1n) is 24.5. The van der Waals surface area contributed by atoms with Gasteiger partial charge >= 0.3 is 0 Å². The van der Waals surface area contributed by atoms with Gasteiger partial charge in [-0.05, 0) is 134 Å². The molecule has 0 saturated heterocycles. The Labute approximate surface area is 434 Å². The molecule has 0 aliphatic rings. The van der Waals surface area contributed by atoms with Crippen molar-refractivity contribution in [1.29, 1.82) is 0 Å². The second-order valence-corrected chi connectivity index (χ2v) is 22.2. The van der Waals surface area contributed by atoms with Gasteiger partial charge in [0.25, 0.3) is 0 Å². The molecule has 2 heterocycles. The van der Waals surface area contributed by atoms with E-state index in [1.165, 1.54) is 27.8 Å². The van der Waals surface area contributed by atoms with Crippen LogP contribution in [0.15, 0.2) is 170 Å². The summed E-state index contributed by atoms with van der Waals surface area (Å²) in [6.07, 6.45) is 1.93. The summed E-state index contributed by atoms with van der Waals surface area (Å²) in [6.45, 7) is 24.5. The van der Waals surface area contributed by atoms with Crippen molar-refractivity contribution < 1.29 is 26.2 Å². The minimum atomic E-state index is -0.156. The molecule has 10 rings (SSSR count). The molecule has 0 amide bonds. The number of aromatic nitrogens is 3. The fourth-order valence-electron chi connectivity index (χ4n) is 9.97. The normalized spacial score (nSPS) is 12.1. The molecule has 0 bridgehead atoms. The van der Waals surface area contributed by atoms with E-state index in [0.29, 0.717) is 11.4 Å². The molecule has 0 fully saturated rings. The van der Waals surface area contributed by atoms with Crippen molar-refractivity contribution in [2.45, 2.75) is 92.4 Å². The number of phenols is 1. The Bertz CT molecular complexity index is 3580. The van der Waals surface area contributed by atoms with Gasteiger partial charge in [0, 0.05) is 43.9 Å². The molecule has 0 aliphatic carbocycles. The maximum Gasteiger partial charge on any atom is 0.148 e. The first-order chi connectivity index (χ1) is 33.3. The number of aryl methyl sites for hydroxylation is 2. The van der Waals surface area contributed by atoms with E-state index in [-0.39, 0.29) is 43.1 Å². The van der Waals surface area contributed by atoms with Crippen molar-refractivity contribution in [3.63, 3.8) is 0 Å². The summed E-state index contributed by atoms with van der Waals surface area (Å²) in [5, 5.41) is 12.9. The third-order valence-corrected chi connectivity index (χ3v) is 14.0. The maximum absolute atomic E-state index is 11.8. The van der Waals surface area contributed by atoms with Crippen molar-refractivity contribution >= 4 is 21.9 Å². The molecule has 5 heteroatoms. The van der Waals surface area contributed by atoms with Gasteiger partial charge in [0.1, 0.15) is 11.6 Å². The number of pyridine rings is 1. The summed E-state index contributed by atoms with van der Waals surface area (Å²) >= 11 is 0. The van der Waals surface area contributed by atoms with Gasteiger partial charge in [-0.3, -0.25) is 9.55 Å². The smallest absolute Gasteiger partial charge is 0.148 e. The van der Waals surface area contributed by atoms with Crippen LogP contribution < -0.4 is 0 Å². The zero-order valence-corrected chi connectivity index (χ0v) is 45.0. The average Bonchev–Trinajstić information content (AvgIpc) is 3.72. The van der Waals surface area contributed by atoms with Crippen LogP contribution in [0.25, 0.3) is 94.6 Å². The summed E-state index contributed by atoms with van der Waals surface area (Å²) in [6, 6.07) is 62.6. The minimum Gasteiger partial charge on any atom is -0.507 e. The SMILES string of the molecule is Cc1cccc(C)c1-c1cc(-c2[c-]c(-c3cc(-c4ccc(C(C)(C)C)cc4)cc4c3nc(-c3cc(C(C)(C)C)ccc3O)n4-c3ccc(C(C)(C)C)cc3)ccc2)c2nccc(-c3ccccc3)c2c1.[Pt]. The summed E-state index contributed by atoms with van der Waals surface area (Å²) in [7, 11) is 0. The molecule has 2 aromatic heterocycles. The van der Waals surface area contributed by atoms with Crippen LogP contribution in [-0.2, 0) is 37.3 Å². The van der Waals surface area contributed by atoms with Crippen LogP contribution in [0, 0.1) is 19.9 Å². The first kappa shape index (κ1) is 49.1. The standard InChI is InChI=1S/C66H62N3O.Pt/c1-41-17-15-18-42(2)60(41)48-37-54(61-56(38-48)53(33-34-67-61)44-19-13-12-14-20-44)45-21-16-22-46(35-45)55-36-47(43-23-25-49(26-24-43)64(3,4)5)39-58-62(55)68-63(57-40-51(66(9,10)11)29-32-59(57)70)69(58)52-30-27-50(28-31-52)65(6,7)8;/h12-34,36-40,70H,1-11H3;/q-1;. The Morgan fingerprint density at radius 1 is 0.465 bits per heavy atom. The molecular formula is C66H62N3OPt-. The second-order valence-electron chi connectivity index (χ2n) is 22.2. The molecule has 358 valence electrons. The molecule has 10 aromatic rings. The van der Waals surface area contributed by atoms with Crippen molar-refractivity contribution in [1.82, 2.24) is 14.5 Å². The van der Waals surface area contributed by atoms with E-state index in [0.717, 1.165) is 83.3 Å². The number of hydrogen-bond donors (Lipinski definition) is 1. The van der Waals surface area contributed by atoms with E-state index >= 15 is 0 Å². The van der Waals surface area contributed by atoms with Crippen LogP contribution in [-0.4, -0.2) is 19.6 Å².